The zero-order chi connectivity index (χ0) is 16.1. The molecule has 1 aromatic rings. The summed E-state index contributed by atoms with van der Waals surface area (Å²) < 4.78 is 0. The highest BCUT2D eigenvalue weighted by Gasteiger charge is 2.20. The van der Waals surface area contributed by atoms with Gasteiger partial charge in [0.25, 0.3) is 5.91 Å². The minimum atomic E-state index is -0.270. The molecule has 1 saturated heterocycles. The van der Waals surface area contributed by atoms with Crippen molar-refractivity contribution in [2.45, 2.75) is 26.2 Å². The topological polar surface area (TPSA) is 75.4 Å². The van der Waals surface area contributed by atoms with Gasteiger partial charge in [-0.3, -0.25) is 9.59 Å². The predicted octanol–water partition coefficient (Wildman–Crippen LogP) is 2.92. The van der Waals surface area contributed by atoms with E-state index >= 15 is 0 Å². The number of anilines is 1. The highest BCUT2D eigenvalue weighted by Crippen LogP contribution is 2.24. The van der Waals surface area contributed by atoms with Crippen LogP contribution in [0.2, 0.25) is 5.02 Å². The van der Waals surface area contributed by atoms with E-state index < -0.39 is 0 Å². The number of amides is 2. The SMILES string of the molecule is CC(CN)C(=O)Nc1ccc(C(=O)N2CCCCC2)c(Cl)c1.Cl. The van der Waals surface area contributed by atoms with Crippen molar-refractivity contribution in [3.63, 3.8) is 0 Å². The Morgan fingerprint density at radius 1 is 1.30 bits per heavy atom. The zero-order valence-corrected chi connectivity index (χ0v) is 14.8. The van der Waals surface area contributed by atoms with Gasteiger partial charge in [0.15, 0.2) is 0 Å². The molecule has 0 aromatic heterocycles. The maximum absolute atomic E-state index is 12.4. The first-order chi connectivity index (χ1) is 10.5. The van der Waals surface area contributed by atoms with Crippen molar-refractivity contribution in [3.05, 3.63) is 28.8 Å². The van der Waals surface area contributed by atoms with Crippen LogP contribution < -0.4 is 11.1 Å². The number of hydrogen-bond acceptors (Lipinski definition) is 3. The molecule has 0 bridgehead atoms. The molecule has 7 heteroatoms. The molecule has 3 N–H and O–H groups in total. The Hall–Kier alpha value is -1.30. The van der Waals surface area contributed by atoms with Crippen molar-refractivity contribution < 1.29 is 9.59 Å². The quantitative estimate of drug-likeness (QED) is 0.867. The number of nitrogens with zero attached hydrogens (tertiary/aromatic N) is 1. The Morgan fingerprint density at radius 3 is 2.52 bits per heavy atom. The third-order valence-corrected chi connectivity index (χ3v) is 4.22. The average molecular weight is 360 g/mol. The fourth-order valence-electron chi connectivity index (χ4n) is 2.41. The van der Waals surface area contributed by atoms with Crippen molar-refractivity contribution in [2.24, 2.45) is 11.7 Å². The molecule has 2 amide bonds. The summed E-state index contributed by atoms with van der Waals surface area (Å²) in [5.41, 5.74) is 6.52. The van der Waals surface area contributed by atoms with Gasteiger partial charge in [0.2, 0.25) is 5.91 Å². The smallest absolute Gasteiger partial charge is 0.255 e. The minimum Gasteiger partial charge on any atom is -0.339 e. The molecular formula is C16H23Cl2N3O2. The molecule has 0 saturated carbocycles. The molecule has 0 spiro atoms. The first kappa shape index (κ1) is 19.7. The number of hydrogen-bond donors (Lipinski definition) is 2. The predicted molar refractivity (Wildman–Crippen MR) is 95.3 cm³/mol. The van der Waals surface area contributed by atoms with Crippen LogP contribution in [-0.2, 0) is 4.79 Å². The van der Waals surface area contributed by atoms with Crippen LogP contribution in [0.5, 0.6) is 0 Å². The summed E-state index contributed by atoms with van der Waals surface area (Å²) >= 11 is 6.22. The van der Waals surface area contributed by atoms with Gasteiger partial charge in [-0.05, 0) is 37.5 Å². The van der Waals surface area contributed by atoms with Crippen LogP contribution in [0.15, 0.2) is 18.2 Å². The van der Waals surface area contributed by atoms with Crippen molar-refractivity contribution in [2.75, 3.05) is 25.0 Å². The van der Waals surface area contributed by atoms with E-state index in [1.807, 2.05) is 4.90 Å². The van der Waals surface area contributed by atoms with E-state index in [1.165, 1.54) is 6.42 Å². The molecule has 1 atom stereocenters. The van der Waals surface area contributed by atoms with E-state index in [0.29, 0.717) is 16.3 Å². The first-order valence-electron chi connectivity index (χ1n) is 7.62. The van der Waals surface area contributed by atoms with Crippen LogP contribution in [-0.4, -0.2) is 36.3 Å². The van der Waals surface area contributed by atoms with Gasteiger partial charge in [-0.2, -0.15) is 0 Å². The van der Waals surface area contributed by atoms with Crippen LogP contribution >= 0.6 is 24.0 Å². The number of carbonyl (C=O) groups excluding carboxylic acids is 2. The second-order valence-corrected chi connectivity index (χ2v) is 6.08. The summed E-state index contributed by atoms with van der Waals surface area (Å²) in [7, 11) is 0. The lowest BCUT2D eigenvalue weighted by Crippen LogP contribution is -2.35. The van der Waals surface area contributed by atoms with Gasteiger partial charge in [0, 0.05) is 31.2 Å². The third kappa shape index (κ3) is 5.09. The number of nitrogens with two attached hydrogens (primary N) is 1. The highest BCUT2D eigenvalue weighted by atomic mass is 35.5. The molecule has 1 heterocycles. The Kier molecular flexibility index (Phi) is 7.82. The van der Waals surface area contributed by atoms with E-state index in [9.17, 15) is 9.59 Å². The van der Waals surface area contributed by atoms with E-state index in [1.54, 1.807) is 25.1 Å². The second-order valence-electron chi connectivity index (χ2n) is 5.67. The third-order valence-electron chi connectivity index (χ3n) is 3.91. The molecule has 1 aliphatic rings. The van der Waals surface area contributed by atoms with E-state index in [2.05, 4.69) is 5.32 Å². The van der Waals surface area contributed by atoms with Crippen LogP contribution in [0.3, 0.4) is 0 Å². The fraction of sp³-hybridized carbons (Fsp3) is 0.500. The Labute approximate surface area is 148 Å². The van der Waals surface area contributed by atoms with Gasteiger partial charge in [0.05, 0.1) is 10.6 Å². The number of benzene rings is 1. The van der Waals surface area contributed by atoms with Crippen LogP contribution in [0.4, 0.5) is 5.69 Å². The van der Waals surface area contributed by atoms with Crippen molar-refractivity contribution in [3.8, 4) is 0 Å². The molecule has 1 unspecified atom stereocenters. The molecule has 0 aliphatic carbocycles. The van der Waals surface area contributed by atoms with E-state index in [0.717, 1.165) is 25.9 Å². The highest BCUT2D eigenvalue weighted by molar-refractivity contribution is 6.34. The number of carbonyl (C=O) groups is 2. The minimum absolute atomic E-state index is 0. The number of rotatable bonds is 4. The van der Waals surface area contributed by atoms with Crippen LogP contribution in [0.25, 0.3) is 0 Å². The Balaban J connectivity index is 0.00000264. The Morgan fingerprint density at radius 2 is 1.96 bits per heavy atom. The maximum atomic E-state index is 12.4. The normalized spacial score (nSPS) is 15.5. The van der Waals surface area contributed by atoms with Crippen molar-refractivity contribution in [1.82, 2.24) is 4.90 Å². The molecule has 5 nitrogen and oxygen atoms in total. The number of piperidine rings is 1. The molecule has 23 heavy (non-hydrogen) atoms. The van der Waals surface area contributed by atoms with Gasteiger partial charge in [-0.1, -0.05) is 18.5 Å². The van der Waals surface area contributed by atoms with Gasteiger partial charge < -0.3 is 16.0 Å². The summed E-state index contributed by atoms with van der Waals surface area (Å²) in [6.07, 6.45) is 3.24. The summed E-state index contributed by atoms with van der Waals surface area (Å²) in [5, 5.41) is 3.11. The molecular weight excluding hydrogens is 337 g/mol. The lowest BCUT2D eigenvalue weighted by molar-refractivity contribution is -0.119. The molecule has 2 rings (SSSR count). The van der Waals surface area contributed by atoms with Gasteiger partial charge in [0.1, 0.15) is 0 Å². The maximum Gasteiger partial charge on any atom is 0.255 e. The molecule has 1 fully saturated rings. The first-order valence-corrected chi connectivity index (χ1v) is 8.00. The summed E-state index contributed by atoms with van der Waals surface area (Å²) in [4.78, 5) is 26.1. The lowest BCUT2D eigenvalue weighted by Gasteiger charge is -2.27. The van der Waals surface area contributed by atoms with Gasteiger partial charge in [-0.25, -0.2) is 0 Å². The summed E-state index contributed by atoms with van der Waals surface area (Å²) in [6.45, 7) is 3.60. The average Bonchev–Trinajstić information content (AvgIpc) is 2.54. The fourth-order valence-corrected chi connectivity index (χ4v) is 2.67. The number of halogens is 2. The van der Waals surface area contributed by atoms with Gasteiger partial charge >= 0.3 is 0 Å². The monoisotopic (exact) mass is 359 g/mol. The second kappa shape index (κ2) is 9.11. The van der Waals surface area contributed by atoms with E-state index in [4.69, 9.17) is 17.3 Å². The standard InChI is InChI=1S/C16H22ClN3O2.ClH/c1-11(10-18)15(21)19-12-5-6-13(14(17)9-12)16(22)20-7-3-2-4-8-20;/h5-6,9,11H,2-4,7-8,10,18H2,1H3,(H,19,21);1H. The Bertz CT molecular complexity index is 560. The lowest BCUT2D eigenvalue weighted by atomic mass is 10.1. The van der Waals surface area contributed by atoms with E-state index in [-0.39, 0.29) is 36.7 Å². The summed E-state index contributed by atoms with van der Waals surface area (Å²) in [5.74, 6) is -0.472. The van der Waals surface area contributed by atoms with Gasteiger partial charge in [-0.15, -0.1) is 12.4 Å². The summed E-state index contributed by atoms with van der Waals surface area (Å²) in [6, 6.07) is 4.98. The largest absolute Gasteiger partial charge is 0.339 e. The zero-order valence-electron chi connectivity index (χ0n) is 13.2. The molecule has 1 aliphatic heterocycles. The number of likely N-dealkylation sites (tertiary alicyclic amines) is 1. The molecule has 128 valence electrons. The molecule has 1 aromatic carbocycles. The van der Waals surface area contributed by atoms with Crippen molar-refractivity contribution in [1.29, 1.82) is 0 Å². The van der Waals surface area contributed by atoms with Crippen molar-refractivity contribution >= 4 is 41.5 Å². The van der Waals surface area contributed by atoms with Crippen LogP contribution in [0, 0.1) is 5.92 Å². The van der Waals surface area contributed by atoms with Crippen LogP contribution in [0.1, 0.15) is 36.5 Å². The molecule has 0 radical (unpaired) electrons. The number of nitrogens with one attached hydrogen (secondary N) is 1.